The Balaban J connectivity index is 2.56. The van der Waals surface area contributed by atoms with Crippen LogP contribution in [0, 0.1) is 5.41 Å². The zero-order valence-electron chi connectivity index (χ0n) is 18.9. The third-order valence-corrected chi connectivity index (χ3v) is 5.37. The molecule has 1 aromatic carbocycles. The van der Waals surface area contributed by atoms with Crippen molar-refractivity contribution in [2.45, 2.75) is 104 Å². The summed E-state index contributed by atoms with van der Waals surface area (Å²) >= 11 is 0. The molecule has 3 N–H and O–H groups in total. The summed E-state index contributed by atoms with van der Waals surface area (Å²) in [5.74, 6) is -0.865. The van der Waals surface area contributed by atoms with Crippen molar-refractivity contribution < 1.29 is 24.9 Å². The number of aromatic hydroxyl groups is 3. The van der Waals surface area contributed by atoms with Gasteiger partial charge in [-0.05, 0) is 81.4 Å². The van der Waals surface area contributed by atoms with Crippen LogP contribution in [0.3, 0.4) is 0 Å². The highest BCUT2D eigenvalue weighted by Gasteiger charge is 2.19. The van der Waals surface area contributed by atoms with Crippen molar-refractivity contribution in [1.29, 1.82) is 0 Å². The molecule has 0 bridgehead atoms. The first-order chi connectivity index (χ1) is 13.5. The maximum absolute atomic E-state index is 10.5. The van der Waals surface area contributed by atoms with Crippen LogP contribution in [0.4, 0.5) is 0 Å². The number of phenolic OH excluding ortho intramolecular Hbond substituents is 3. The molecule has 0 saturated carbocycles. The first kappa shape index (κ1) is 25.1. The van der Waals surface area contributed by atoms with Crippen LogP contribution in [0.2, 0.25) is 0 Å². The fourth-order valence-electron chi connectivity index (χ4n) is 3.52. The van der Waals surface area contributed by atoms with Crippen LogP contribution >= 0.6 is 0 Å². The highest BCUT2D eigenvalue weighted by atomic mass is 16.5. The predicted octanol–water partition coefficient (Wildman–Crippen LogP) is 6.01. The summed E-state index contributed by atoms with van der Waals surface area (Å²) in [6.45, 7) is 11.0. The van der Waals surface area contributed by atoms with Crippen LogP contribution in [0.15, 0.2) is 6.07 Å². The Kier molecular flexibility index (Phi) is 9.81. The van der Waals surface area contributed by atoms with Crippen molar-refractivity contribution in [2.24, 2.45) is 5.41 Å². The predicted molar refractivity (Wildman–Crippen MR) is 116 cm³/mol. The molecule has 1 aromatic rings. The van der Waals surface area contributed by atoms with Gasteiger partial charge in [0.05, 0.1) is 0 Å². The van der Waals surface area contributed by atoms with E-state index in [0.29, 0.717) is 35.9 Å². The van der Waals surface area contributed by atoms with Crippen LogP contribution in [0.1, 0.15) is 97.1 Å². The van der Waals surface area contributed by atoms with Gasteiger partial charge < -0.3 is 20.1 Å². The summed E-state index contributed by atoms with van der Waals surface area (Å²) in [4.78, 5) is 10.5. The molecule has 0 spiro atoms. The van der Waals surface area contributed by atoms with Crippen LogP contribution < -0.4 is 0 Å². The molecule has 5 nitrogen and oxygen atoms in total. The van der Waals surface area contributed by atoms with Gasteiger partial charge in [-0.15, -0.1) is 0 Å². The largest absolute Gasteiger partial charge is 0.504 e. The van der Waals surface area contributed by atoms with E-state index < -0.39 is 11.4 Å². The fraction of sp³-hybridized carbons (Fsp3) is 0.708. The summed E-state index contributed by atoms with van der Waals surface area (Å²) < 4.78 is 5.05. The van der Waals surface area contributed by atoms with E-state index in [9.17, 15) is 20.1 Å². The maximum atomic E-state index is 10.5. The number of carbonyl (C=O) groups excluding carboxylic acids is 1. The first-order valence-corrected chi connectivity index (χ1v) is 10.8. The number of carbonyl (C=O) groups is 1. The third-order valence-electron chi connectivity index (χ3n) is 5.37. The van der Waals surface area contributed by atoms with Crippen molar-refractivity contribution >= 4 is 6.47 Å². The minimum absolute atomic E-state index is 0.207. The SMILES string of the molecule is CC(C)(C)CCCCCCc1cc(CCCCC(C)(C)OC=O)c(O)c(O)c1O. The van der Waals surface area contributed by atoms with Gasteiger partial charge in [0, 0.05) is 0 Å². The molecule has 0 aromatic heterocycles. The second-order valence-corrected chi connectivity index (χ2v) is 9.90. The fourth-order valence-corrected chi connectivity index (χ4v) is 3.52. The van der Waals surface area contributed by atoms with E-state index in [1.165, 1.54) is 12.8 Å². The summed E-state index contributed by atoms with van der Waals surface area (Å²) in [7, 11) is 0. The smallest absolute Gasteiger partial charge is 0.293 e. The van der Waals surface area contributed by atoms with E-state index in [4.69, 9.17) is 4.74 Å². The number of hydrogen-bond donors (Lipinski definition) is 3. The zero-order chi connectivity index (χ0) is 22.1. The lowest BCUT2D eigenvalue weighted by Crippen LogP contribution is -2.23. The molecule has 5 heteroatoms. The molecular formula is C24H40O5. The van der Waals surface area contributed by atoms with Crippen LogP contribution in [0.5, 0.6) is 17.2 Å². The number of benzene rings is 1. The second kappa shape index (κ2) is 11.3. The zero-order valence-corrected chi connectivity index (χ0v) is 18.9. The van der Waals surface area contributed by atoms with Crippen molar-refractivity contribution in [3.05, 3.63) is 17.2 Å². The van der Waals surface area contributed by atoms with Crippen molar-refractivity contribution in [3.63, 3.8) is 0 Å². The molecule has 0 atom stereocenters. The van der Waals surface area contributed by atoms with Gasteiger partial charge in [-0.2, -0.15) is 0 Å². The highest BCUT2D eigenvalue weighted by Crippen LogP contribution is 2.41. The van der Waals surface area contributed by atoms with E-state index in [1.807, 2.05) is 19.9 Å². The van der Waals surface area contributed by atoms with E-state index in [0.717, 1.165) is 38.5 Å². The average Bonchev–Trinajstić information content (AvgIpc) is 2.61. The van der Waals surface area contributed by atoms with Gasteiger partial charge in [-0.1, -0.05) is 40.0 Å². The lowest BCUT2D eigenvalue weighted by Gasteiger charge is -2.22. The van der Waals surface area contributed by atoms with Crippen molar-refractivity contribution in [2.75, 3.05) is 0 Å². The Labute approximate surface area is 176 Å². The monoisotopic (exact) mass is 408 g/mol. The molecule has 0 heterocycles. The van der Waals surface area contributed by atoms with Crippen LogP contribution in [-0.4, -0.2) is 27.4 Å². The average molecular weight is 409 g/mol. The van der Waals surface area contributed by atoms with Crippen LogP contribution in [-0.2, 0) is 22.4 Å². The topological polar surface area (TPSA) is 87.0 Å². The summed E-state index contributed by atoms with van der Waals surface area (Å²) in [6, 6.07) is 1.81. The quantitative estimate of drug-likeness (QED) is 0.211. The molecule has 0 saturated heterocycles. The minimum atomic E-state index is -0.501. The lowest BCUT2D eigenvalue weighted by molar-refractivity contribution is -0.140. The van der Waals surface area contributed by atoms with Gasteiger partial charge in [0.25, 0.3) is 6.47 Å². The molecule has 0 amide bonds. The molecule has 0 fully saturated rings. The number of ether oxygens (including phenoxy) is 1. The van der Waals surface area contributed by atoms with E-state index in [2.05, 4.69) is 20.8 Å². The van der Waals surface area contributed by atoms with Gasteiger partial charge in [0.15, 0.2) is 11.5 Å². The molecule has 0 aliphatic carbocycles. The highest BCUT2D eigenvalue weighted by molar-refractivity contribution is 5.57. The molecule has 1 rings (SSSR count). The Morgan fingerprint density at radius 3 is 1.76 bits per heavy atom. The molecule has 0 aliphatic rings. The van der Waals surface area contributed by atoms with Gasteiger partial charge in [-0.3, -0.25) is 4.79 Å². The normalized spacial score (nSPS) is 12.2. The second-order valence-electron chi connectivity index (χ2n) is 9.90. The van der Waals surface area contributed by atoms with E-state index >= 15 is 0 Å². The lowest BCUT2D eigenvalue weighted by atomic mass is 9.89. The van der Waals surface area contributed by atoms with Crippen molar-refractivity contribution in [3.8, 4) is 17.2 Å². The Hall–Kier alpha value is -1.91. The van der Waals surface area contributed by atoms with Crippen molar-refractivity contribution in [1.82, 2.24) is 0 Å². The molecule has 166 valence electrons. The third kappa shape index (κ3) is 9.42. The summed E-state index contributed by atoms with van der Waals surface area (Å²) in [5, 5.41) is 30.5. The number of hydrogen-bond acceptors (Lipinski definition) is 5. The van der Waals surface area contributed by atoms with E-state index in [1.54, 1.807) is 0 Å². The van der Waals surface area contributed by atoms with Gasteiger partial charge in [-0.25, -0.2) is 0 Å². The Morgan fingerprint density at radius 2 is 1.24 bits per heavy atom. The standard InChI is InChI=1S/C24H40O5/c1-23(2,3)14-10-7-6-8-12-18-16-19(21(27)22(28)20(18)26)13-9-11-15-24(4,5)29-17-25/h16-17,26-28H,6-15H2,1-5H3. The molecule has 0 unspecified atom stereocenters. The molecule has 0 aliphatic heterocycles. The Bertz CT molecular complexity index is 644. The first-order valence-electron chi connectivity index (χ1n) is 10.8. The van der Waals surface area contributed by atoms with E-state index in [-0.39, 0.29) is 11.5 Å². The van der Waals surface area contributed by atoms with Gasteiger partial charge >= 0.3 is 0 Å². The number of unbranched alkanes of at least 4 members (excludes halogenated alkanes) is 4. The maximum Gasteiger partial charge on any atom is 0.293 e. The molecule has 29 heavy (non-hydrogen) atoms. The molecular weight excluding hydrogens is 368 g/mol. The number of rotatable bonds is 13. The number of aryl methyl sites for hydroxylation is 2. The Morgan fingerprint density at radius 1 is 0.759 bits per heavy atom. The van der Waals surface area contributed by atoms with Crippen LogP contribution in [0.25, 0.3) is 0 Å². The molecule has 0 radical (unpaired) electrons. The minimum Gasteiger partial charge on any atom is -0.504 e. The summed E-state index contributed by atoms with van der Waals surface area (Å²) in [5.41, 5.74) is 1.21. The van der Waals surface area contributed by atoms with Gasteiger partial charge in [0.1, 0.15) is 5.60 Å². The van der Waals surface area contributed by atoms with Gasteiger partial charge in [0.2, 0.25) is 5.75 Å². The summed E-state index contributed by atoms with van der Waals surface area (Å²) in [6.07, 6.45) is 9.20. The number of phenols is 3.